The molecule has 1 aromatic carbocycles. The number of hydrogen-bond acceptors (Lipinski definition) is 2. The summed E-state index contributed by atoms with van der Waals surface area (Å²) in [5, 5.41) is 3.34. The van der Waals surface area contributed by atoms with Crippen molar-refractivity contribution in [1.82, 2.24) is 5.32 Å². The Morgan fingerprint density at radius 3 is 3.00 bits per heavy atom. The molecule has 18 heavy (non-hydrogen) atoms. The fourth-order valence-corrected chi connectivity index (χ4v) is 2.41. The van der Waals surface area contributed by atoms with Crippen LogP contribution in [0.4, 0.5) is 4.39 Å². The van der Waals surface area contributed by atoms with Crippen molar-refractivity contribution in [2.75, 3.05) is 13.2 Å². The van der Waals surface area contributed by atoms with Gasteiger partial charge in [-0.1, -0.05) is 22.9 Å². The SMILES string of the molecule is CCCNC(C1=CCCO1)c1cc(Br)ccc1F. The summed E-state index contributed by atoms with van der Waals surface area (Å²) in [4.78, 5) is 0. The Hall–Kier alpha value is -0.870. The summed E-state index contributed by atoms with van der Waals surface area (Å²) in [6.45, 7) is 3.61. The van der Waals surface area contributed by atoms with Gasteiger partial charge >= 0.3 is 0 Å². The van der Waals surface area contributed by atoms with Crippen LogP contribution in [0.15, 0.2) is 34.5 Å². The Kier molecular flexibility index (Phi) is 4.78. The zero-order valence-corrected chi connectivity index (χ0v) is 12.0. The normalized spacial score (nSPS) is 16.3. The number of benzene rings is 1. The average Bonchev–Trinajstić information content (AvgIpc) is 2.88. The van der Waals surface area contributed by atoms with E-state index in [1.807, 2.05) is 12.1 Å². The first-order valence-corrected chi connectivity index (χ1v) is 7.03. The summed E-state index contributed by atoms with van der Waals surface area (Å²) in [5.74, 6) is 0.628. The molecule has 1 aliphatic heterocycles. The summed E-state index contributed by atoms with van der Waals surface area (Å²) in [6, 6.07) is 4.81. The molecule has 0 aromatic heterocycles. The lowest BCUT2D eigenvalue weighted by Crippen LogP contribution is -2.25. The summed E-state index contributed by atoms with van der Waals surface area (Å²) < 4.78 is 20.4. The highest BCUT2D eigenvalue weighted by Gasteiger charge is 2.23. The quantitative estimate of drug-likeness (QED) is 0.889. The van der Waals surface area contributed by atoms with E-state index in [9.17, 15) is 4.39 Å². The zero-order chi connectivity index (χ0) is 13.0. The molecule has 0 bridgehead atoms. The maximum absolute atomic E-state index is 14.0. The van der Waals surface area contributed by atoms with Crippen molar-refractivity contribution in [2.45, 2.75) is 25.8 Å². The van der Waals surface area contributed by atoms with Crippen LogP contribution in [0.25, 0.3) is 0 Å². The summed E-state index contributed by atoms with van der Waals surface area (Å²) >= 11 is 3.39. The topological polar surface area (TPSA) is 21.3 Å². The number of hydrogen-bond donors (Lipinski definition) is 1. The van der Waals surface area contributed by atoms with Crippen LogP contribution in [-0.2, 0) is 4.74 Å². The summed E-state index contributed by atoms with van der Waals surface area (Å²) in [6.07, 6.45) is 3.93. The molecule has 0 spiro atoms. The lowest BCUT2D eigenvalue weighted by Gasteiger charge is -2.21. The Balaban J connectivity index is 2.29. The Labute approximate surface area is 115 Å². The van der Waals surface area contributed by atoms with Crippen molar-refractivity contribution in [3.63, 3.8) is 0 Å². The van der Waals surface area contributed by atoms with Crippen LogP contribution in [0.5, 0.6) is 0 Å². The molecule has 1 aromatic rings. The monoisotopic (exact) mass is 313 g/mol. The molecule has 1 heterocycles. The van der Waals surface area contributed by atoms with Gasteiger partial charge in [0.2, 0.25) is 0 Å². The average molecular weight is 314 g/mol. The fourth-order valence-electron chi connectivity index (χ4n) is 2.03. The van der Waals surface area contributed by atoms with Gasteiger partial charge < -0.3 is 10.1 Å². The minimum Gasteiger partial charge on any atom is -0.496 e. The van der Waals surface area contributed by atoms with Crippen molar-refractivity contribution < 1.29 is 9.13 Å². The minimum atomic E-state index is -0.205. The maximum atomic E-state index is 14.0. The smallest absolute Gasteiger partial charge is 0.128 e. The van der Waals surface area contributed by atoms with Crippen LogP contribution < -0.4 is 5.32 Å². The molecule has 2 nitrogen and oxygen atoms in total. The molecule has 0 saturated heterocycles. The first-order valence-electron chi connectivity index (χ1n) is 6.23. The van der Waals surface area contributed by atoms with Gasteiger partial charge in [0.1, 0.15) is 11.6 Å². The second kappa shape index (κ2) is 6.34. The van der Waals surface area contributed by atoms with Gasteiger partial charge in [-0.25, -0.2) is 4.39 Å². The van der Waals surface area contributed by atoms with E-state index >= 15 is 0 Å². The van der Waals surface area contributed by atoms with E-state index in [0.29, 0.717) is 12.2 Å². The molecule has 0 fully saturated rings. The Morgan fingerprint density at radius 1 is 1.50 bits per heavy atom. The molecule has 4 heteroatoms. The predicted molar refractivity (Wildman–Crippen MR) is 73.8 cm³/mol. The lowest BCUT2D eigenvalue weighted by atomic mass is 10.0. The Morgan fingerprint density at radius 2 is 2.33 bits per heavy atom. The molecule has 0 radical (unpaired) electrons. The van der Waals surface area contributed by atoms with Crippen molar-refractivity contribution in [1.29, 1.82) is 0 Å². The van der Waals surface area contributed by atoms with Gasteiger partial charge in [0.25, 0.3) is 0 Å². The lowest BCUT2D eigenvalue weighted by molar-refractivity contribution is 0.214. The molecular formula is C14H17BrFNO. The highest BCUT2D eigenvalue weighted by molar-refractivity contribution is 9.10. The molecule has 0 aliphatic carbocycles. The van der Waals surface area contributed by atoms with Gasteiger partial charge in [-0.15, -0.1) is 0 Å². The molecule has 1 aliphatic rings. The third kappa shape index (κ3) is 3.12. The van der Waals surface area contributed by atoms with Gasteiger partial charge in [0, 0.05) is 16.5 Å². The molecule has 98 valence electrons. The van der Waals surface area contributed by atoms with E-state index in [0.717, 1.165) is 29.6 Å². The largest absolute Gasteiger partial charge is 0.496 e. The van der Waals surface area contributed by atoms with Crippen molar-refractivity contribution >= 4 is 15.9 Å². The molecule has 1 N–H and O–H groups in total. The molecule has 2 rings (SSSR count). The van der Waals surface area contributed by atoms with E-state index in [4.69, 9.17) is 4.74 Å². The summed E-state index contributed by atoms with van der Waals surface area (Å²) in [5.41, 5.74) is 0.631. The van der Waals surface area contributed by atoms with Crippen LogP contribution >= 0.6 is 15.9 Å². The number of nitrogens with one attached hydrogen (secondary N) is 1. The molecular weight excluding hydrogens is 297 g/mol. The molecule has 1 atom stereocenters. The number of halogens is 2. The van der Waals surface area contributed by atoms with Gasteiger partial charge in [0.05, 0.1) is 12.6 Å². The predicted octanol–water partition coefficient (Wildman–Crippen LogP) is 3.93. The first-order chi connectivity index (χ1) is 8.72. The third-order valence-corrected chi connectivity index (χ3v) is 3.38. The molecule has 0 amide bonds. The minimum absolute atomic E-state index is 0.190. The third-order valence-electron chi connectivity index (χ3n) is 2.88. The van der Waals surface area contributed by atoms with Crippen molar-refractivity contribution in [2.24, 2.45) is 0 Å². The number of rotatable bonds is 5. The van der Waals surface area contributed by atoms with E-state index < -0.39 is 0 Å². The summed E-state index contributed by atoms with van der Waals surface area (Å²) in [7, 11) is 0. The van der Waals surface area contributed by atoms with Gasteiger partial charge in [-0.2, -0.15) is 0 Å². The fraction of sp³-hybridized carbons (Fsp3) is 0.429. The van der Waals surface area contributed by atoms with Crippen LogP contribution in [0.3, 0.4) is 0 Å². The van der Waals surface area contributed by atoms with Crippen LogP contribution in [-0.4, -0.2) is 13.2 Å². The van der Waals surface area contributed by atoms with Gasteiger partial charge in [-0.05, 0) is 37.2 Å². The van der Waals surface area contributed by atoms with Gasteiger partial charge in [0.15, 0.2) is 0 Å². The van der Waals surface area contributed by atoms with Gasteiger partial charge in [-0.3, -0.25) is 0 Å². The second-order valence-corrected chi connectivity index (χ2v) is 5.21. The highest BCUT2D eigenvalue weighted by Crippen LogP contribution is 2.30. The maximum Gasteiger partial charge on any atom is 0.128 e. The van der Waals surface area contributed by atoms with E-state index in [1.165, 1.54) is 6.07 Å². The van der Waals surface area contributed by atoms with Crippen LogP contribution in [0.2, 0.25) is 0 Å². The Bertz CT molecular complexity index is 447. The van der Waals surface area contributed by atoms with Crippen molar-refractivity contribution in [3.05, 3.63) is 45.9 Å². The van der Waals surface area contributed by atoms with E-state index in [-0.39, 0.29) is 11.9 Å². The molecule has 1 unspecified atom stereocenters. The molecule has 0 saturated carbocycles. The number of ether oxygens (including phenoxy) is 1. The van der Waals surface area contributed by atoms with Crippen molar-refractivity contribution in [3.8, 4) is 0 Å². The van der Waals surface area contributed by atoms with E-state index in [1.54, 1.807) is 6.07 Å². The van der Waals surface area contributed by atoms with Crippen LogP contribution in [0, 0.1) is 5.82 Å². The van der Waals surface area contributed by atoms with Crippen LogP contribution in [0.1, 0.15) is 31.4 Å². The zero-order valence-electron chi connectivity index (χ0n) is 10.4. The second-order valence-electron chi connectivity index (χ2n) is 4.30. The standard InChI is InChI=1S/C14H17BrFNO/c1-2-7-17-14(13-4-3-8-18-13)11-9-10(15)5-6-12(11)16/h4-6,9,14,17H,2-3,7-8H2,1H3. The van der Waals surface area contributed by atoms with E-state index in [2.05, 4.69) is 28.2 Å². The highest BCUT2D eigenvalue weighted by atomic mass is 79.9. The first kappa shape index (κ1) is 13.6.